The van der Waals surface area contributed by atoms with Crippen molar-refractivity contribution >= 4 is 11.4 Å². The van der Waals surface area contributed by atoms with Crippen molar-refractivity contribution in [2.75, 3.05) is 22.9 Å². The highest BCUT2D eigenvalue weighted by molar-refractivity contribution is 5.70. The van der Waals surface area contributed by atoms with Gasteiger partial charge in [-0.1, -0.05) is 87.4 Å². The van der Waals surface area contributed by atoms with Gasteiger partial charge < -0.3 is 20.0 Å². The molecule has 0 aromatic heterocycles. The molecule has 2 aromatic carbocycles. The maximum absolute atomic E-state index is 14.0. The molecule has 1 aliphatic carbocycles. The van der Waals surface area contributed by atoms with E-state index in [2.05, 4.69) is 86.0 Å². The lowest BCUT2D eigenvalue weighted by Gasteiger charge is -2.58. The zero-order chi connectivity index (χ0) is 25.0. The van der Waals surface area contributed by atoms with E-state index in [1.165, 1.54) is 22.5 Å². The molecule has 0 spiro atoms. The first kappa shape index (κ1) is 22.6. The molecule has 5 aliphatic rings. The maximum Gasteiger partial charge on any atom is 0.0596 e. The second kappa shape index (κ2) is 7.49. The Labute approximate surface area is 214 Å². The van der Waals surface area contributed by atoms with Crippen LogP contribution in [-0.4, -0.2) is 37.4 Å². The van der Waals surface area contributed by atoms with E-state index < -0.39 is 12.2 Å². The Morgan fingerprint density at radius 3 is 1.44 bits per heavy atom. The molecule has 188 valence electrons. The molecule has 4 aliphatic heterocycles. The Hall–Kier alpha value is -2.56. The molecule has 2 atom stereocenters. The fourth-order valence-corrected chi connectivity index (χ4v) is 8.58. The molecule has 2 aromatic rings. The fraction of sp³-hybridized carbons (Fsp3) is 0.500. The Morgan fingerprint density at radius 1 is 0.639 bits per heavy atom. The van der Waals surface area contributed by atoms with Gasteiger partial charge in [0.15, 0.2) is 0 Å². The predicted molar refractivity (Wildman–Crippen MR) is 141 cm³/mol. The number of fused-ring (bicyclic) bond motifs is 6. The monoisotopic (exact) mass is 480 g/mol. The first-order valence-corrected chi connectivity index (χ1v) is 13.7. The molecule has 1 saturated carbocycles. The summed E-state index contributed by atoms with van der Waals surface area (Å²) < 4.78 is 0. The minimum absolute atomic E-state index is 0.113. The summed E-state index contributed by atoms with van der Waals surface area (Å²) in [4.78, 5) is 4.95. The second-order valence-electron chi connectivity index (χ2n) is 12.6. The average molecular weight is 481 g/mol. The molecule has 0 radical (unpaired) electrons. The summed E-state index contributed by atoms with van der Waals surface area (Å²) in [6, 6.07) is 17.5. The number of benzene rings is 2. The minimum atomic E-state index is -0.976. The van der Waals surface area contributed by atoms with Gasteiger partial charge in [-0.15, -0.1) is 0 Å². The Bertz CT molecular complexity index is 1210. The van der Waals surface area contributed by atoms with Gasteiger partial charge in [0.25, 0.3) is 0 Å². The minimum Gasteiger partial charge on any atom is -0.846 e. The molecule has 0 bridgehead atoms. The summed E-state index contributed by atoms with van der Waals surface area (Å²) >= 11 is 0. The van der Waals surface area contributed by atoms with Crippen LogP contribution in [0.5, 0.6) is 0 Å². The van der Waals surface area contributed by atoms with Crippen LogP contribution in [0.4, 0.5) is 11.4 Å². The largest absolute Gasteiger partial charge is 0.846 e. The van der Waals surface area contributed by atoms with Crippen LogP contribution >= 0.6 is 0 Å². The third kappa shape index (κ3) is 2.72. The summed E-state index contributed by atoms with van der Waals surface area (Å²) in [6.07, 6.45) is 1.81. The molecule has 4 nitrogen and oxygen atoms in total. The summed E-state index contributed by atoms with van der Waals surface area (Å²) in [6.45, 7) is 11.1. The first-order chi connectivity index (χ1) is 17.2. The molecular weight excluding hydrogens is 444 g/mol. The maximum atomic E-state index is 14.0. The molecule has 2 saturated heterocycles. The van der Waals surface area contributed by atoms with E-state index in [1.807, 2.05) is 0 Å². The van der Waals surface area contributed by atoms with E-state index in [-0.39, 0.29) is 22.9 Å². The normalized spacial score (nSPS) is 31.6. The van der Waals surface area contributed by atoms with E-state index in [9.17, 15) is 10.2 Å². The van der Waals surface area contributed by atoms with Gasteiger partial charge in [0.05, 0.1) is 12.1 Å². The van der Waals surface area contributed by atoms with Crippen LogP contribution < -0.4 is 20.0 Å². The van der Waals surface area contributed by atoms with E-state index in [4.69, 9.17) is 0 Å². The van der Waals surface area contributed by atoms with Crippen molar-refractivity contribution in [3.63, 3.8) is 0 Å². The van der Waals surface area contributed by atoms with Gasteiger partial charge in [-0.25, -0.2) is 0 Å². The average Bonchev–Trinajstić information content (AvgIpc) is 3.26. The van der Waals surface area contributed by atoms with Crippen molar-refractivity contribution in [3.05, 3.63) is 82.0 Å². The molecule has 3 fully saturated rings. The van der Waals surface area contributed by atoms with Gasteiger partial charge in [0.1, 0.15) is 0 Å². The number of rotatable bonds is 0. The highest BCUT2D eigenvalue weighted by Crippen LogP contribution is 2.55. The Balaban J connectivity index is 1.31. The van der Waals surface area contributed by atoms with Crippen LogP contribution in [0.1, 0.15) is 64.5 Å². The number of anilines is 2. The van der Waals surface area contributed by atoms with Crippen molar-refractivity contribution in [3.8, 4) is 0 Å². The number of para-hydroxylation sites is 2. The lowest BCUT2D eigenvalue weighted by atomic mass is 9.64. The Morgan fingerprint density at radius 2 is 1.03 bits per heavy atom. The highest BCUT2D eigenvalue weighted by Gasteiger charge is 2.51. The van der Waals surface area contributed by atoms with Crippen molar-refractivity contribution in [1.82, 2.24) is 0 Å². The number of hydrogen-bond donors (Lipinski definition) is 0. The van der Waals surface area contributed by atoms with Crippen LogP contribution in [0.25, 0.3) is 0 Å². The third-order valence-electron chi connectivity index (χ3n) is 10.0. The standard InChI is InChI=1S/C32H36N2O2/c1-31(2)21-13-5-7-15-23(21)33-17-9-11-19(29(31)33)25-27(35)26(28(25)36)20-12-10-18-34-24-16-8-6-14-22(24)32(3,4)30(20)34/h5-8,13-16,27-30H,9-12,17-18H2,1-4H3/q-2. The van der Waals surface area contributed by atoms with E-state index in [1.54, 1.807) is 0 Å². The molecular formula is C32H36N2O2-2. The van der Waals surface area contributed by atoms with E-state index in [0.717, 1.165) is 49.9 Å². The number of piperidine rings is 2. The molecule has 0 amide bonds. The van der Waals surface area contributed by atoms with Crippen molar-refractivity contribution in [2.24, 2.45) is 0 Å². The third-order valence-corrected chi connectivity index (χ3v) is 10.0. The van der Waals surface area contributed by atoms with E-state index >= 15 is 0 Å². The summed E-state index contributed by atoms with van der Waals surface area (Å²) in [5, 5.41) is 28.1. The van der Waals surface area contributed by atoms with E-state index in [0.29, 0.717) is 11.1 Å². The van der Waals surface area contributed by atoms with Gasteiger partial charge in [0.2, 0.25) is 0 Å². The van der Waals surface area contributed by atoms with Gasteiger partial charge in [0, 0.05) is 35.3 Å². The second-order valence-corrected chi connectivity index (χ2v) is 12.6. The van der Waals surface area contributed by atoms with Crippen molar-refractivity contribution in [1.29, 1.82) is 0 Å². The molecule has 36 heavy (non-hydrogen) atoms. The molecule has 4 heteroatoms. The molecule has 4 heterocycles. The molecule has 2 unspecified atom stereocenters. The SMILES string of the molecule is CC1(C)c2ccccc2N2CCCC(=C3C([O-])C(=C4CCCN5c6ccccc6C(C)(C)C45)C3[O-])C21. The van der Waals surface area contributed by atoms with Crippen LogP contribution in [-0.2, 0) is 10.8 Å². The van der Waals surface area contributed by atoms with Crippen molar-refractivity contribution in [2.45, 2.75) is 88.5 Å². The molecule has 7 rings (SSSR count). The van der Waals surface area contributed by atoms with Crippen LogP contribution in [0.2, 0.25) is 0 Å². The predicted octanol–water partition coefficient (Wildman–Crippen LogP) is 3.97. The van der Waals surface area contributed by atoms with Crippen LogP contribution in [0, 0.1) is 0 Å². The van der Waals surface area contributed by atoms with Gasteiger partial charge >= 0.3 is 0 Å². The number of nitrogens with zero attached hydrogens (tertiary/aromatic N) is 2. The quantitative estimate of drug-likeness (QED) is 0.536. The first-order valence-electron chi connectivity index (χ1n) is 13.7. The Kier molecular flexibility index (Phi) is 4.71. The summed E-state index contributed by atoms with van der Waals surface area (Å²) in [5.41, 5.74) is 8.64. The van der Waals surface area contributed by atoms with Gasteiger partial charge in [-0.2, -0.15) is 0 Å². The van der Waals surface area contributed by atoms with Crippen molar-refractivity contribution < 1.29 is 10.2 Å². The number of hydrogen-bond acceptors (Lipinski definition) is 4. The zero-order valence-electron chi connectivity index (χ0n) is 21.9. The van der Waals surface area contributed by atoms with Gasteiger partial charge in [-0.05, 0) is 60.1 Å². The lowest BCUT2D eigenvalue weighted by molar-refractivity contribution is -0.464. The van der Waals surface area contributed by atoms with Gasteiger partial charge in [-0.3, -0.25) is 0 Å². The topological polar surface area (TPSA) is 52.6 Å². The fourth-order valence-electron chi connectivity index (χ4n) is 8.58. The van der Waals surface area contributed by atoms with Crippen LogP contribution in [0.3, 0.4) is 0 Å². The lowest BCUT2D eigenvalue weighted by Crippen LogP contribution is -2.61. The summed E-state index contributed by atoms with van der Waals surface area (Å²) in [5.74, 6) is 0. The smallest absolute Gasteiger partial charge is 0.0596 e. The highest BCUT2D eigenvalue weighted by atomic mass is 16.3. The zero-order valence-corrected chi connectivity index (χ0v) is 21.9. The summed E-state index contributed by atoms with van der Waals surface area (Å²) in [7, 11) is 0. The molecule has 0 N–H and O–H groups in total. The van der Waals surface area contributed by atoms with Crippen LogP contribution in [0.15, 0.2) is 70.8 Å².